The number of carbonyl (C=O) groups excluding carboxylic acids is 2. The SMILES string of the molecule is CCCCCCCCCCCCCCCCCC(=O)N/N=C/c1cc(Br)ccc1OC(=O)c1ccc(OC)c(OC)c1. The van der Waals surface area contributed by atoms with Crippen LogP contribution in [0.2, 0.25) is 0 Å². The van der Waals surface area contributed by atoms with E-state index in [0.717, 1.165) is 17.3 Å². The molecule has 0 spiro atoms. The van der Waals surface area contributed by atoms with E-state index in [1.54, 1.807) is 36.4 Å². The number of rotatable bonds is 22. The zero-order valence-electron chi connectivity index (χ0n) is 25.7. The van der Waals surface area contributed by atoms with Gasteiger partial charge >= 0.3 is 5.97 Å². The number of unbranched alkanes of at least 4 members (excludes halogenated alkanes) is 14. The summed E-state index contributed by atoms with van der Waals surface area (Å²) in [5.41, 5.74) is 3.45. The van der Waals surface area contributed by atoms with Gasteiger partial charge < -0.3 is 14.2 Å². The molecule has 1 N–H and O–H groups in total. The number of nitrogens with zero attached hydrogens (tertiary/aromatic N) is 1. The summed E-state index contributed by atoms with van der Waals surface area (Å²) < 4.78 is 16.9. The summed E-state index contributed by atoms with van der Waals surface area (Å²) in [6.07, 6.45) is 21.3. The Balaban J connectivity index is 1.64. The third-order valence-electron chi connectivity index (χ3n) is 7.19. The van der Waals surface area contributed by atoms with E-state index < -0.39 is 5.97 Å². The van der Waals surface area contributed by atoms with Gasteiger partial charge in [0, 0.05) is 16.5 Å². The Morgan fingerprint density at radius 1 is 0.738 bits per heavy atom. The Labute approximate surface area is 260 Å². The Bertz CT molecular complexity index is 1110. The zero-order valence-corrected chi connectivity index (χ0v) is 27.3. The van der Waals surface area contributed by atoms with E-state index in [1.165, 1.54) is 104 Å². The van der Waals surface area contributed by atoms with Gasteiger partial charge in [-0.05, 0) is 42.8 Å². The molecule has 0 fully saturated rings. The van der Waals surface area contributed by atoms with Crippen molar-refractivity contribution < 1.29 is 23.8 Å². The van der Waals surface area contributed by atoms with E-state index in [0.29, 0.717) is 34.8 Å². The summed E-state index contributed by atoms with van der Waals surface area (Å²) in [6, 6.07) is 10.0. The number of ether oxygens (including phenoxy) is 3. The largest absolute Gasteiger partial charge is 0.493 e. The third kappa shape index (κ3) is 14.3. The van der Waals surface area contributed by atoms with Crippen LogP contribution in [0.5, 0.6) is 17.2 Å². The van der Waals surface area contributed by atoms with Crippen LogP contribution >= 0.6 is 15.9 Å². The number of benzene rings is 2. The summed E-state index contributed by atoms with van der Waals surface area (Å²) in [7, 11) is 3.03. The molecular weight excluding hydrogens is 596 g/mol. The topological polar surface area (TPSA) is 86.2 Å². The molecule has 0 heterocycles. The standard InChI is InChI=1S/C34H49BrN2O5/c1-4-5-6-7-8-9-10-11-12-13-14-15-16-17-18-19-33(38)37-36-26-28-24-29(35)21-23-30(28)42-34(39)27-20-22-31(40-2)32(25-27)41-3/h20-26H,4-19H2,1-3H3,(H,37,38)/b36-26+. The lowest BCUT2D eigenvalue weighted by atomic mass is 10.0. The molecular formula is C34H49BrN2O5. The number of hydrogen-bond donors (Lipinski definition) is 1. The fraction of sp³-hybridized carbons (Fsp3) is 0.559. The van der Waals surface area contributed by atoms with Crippen LogP contribution in [0.15, 0.2) is 46.0 Å². The lowest BCUT2D eigenvalue weighted by Crippen LogP contribution is -2.17. The van der Waals surface area contributed by atoms with Crippen molar-refractivity contribution in [2.24, 2.45) is 5.10 Å². The maximum atomic E-state index is 12.8. The third-order valence-corrected chi connectivity index (χ3v) is 7.69. The number of carbonyl (C=O) groups is 2. The molecule has 42 heavy (non-hydrogen) atoms. The summed E-state index contributed by atoms with van der Waals surface area (Å²) in [5, 5.41) is 4.09. The smallest absolute Gasteiger partial charge is 0.343 e. The van der Waals surface area contributed by atoms with Crippen molar-refractivity contribution in [2.75, 3.05) is 14.2 Å². The number of hydrogen-bond acceptors (Lipinski definition) is 6. The fourth-order valence-corrected chi connectivity index (χ4v) is 5.10. The van der Waals surface area contributed by atoms with Crippen molar-refractivity contribution in [3.05, 3.63) is 52.0 Å². The van der Waals surface area contributed by atoms with Crippen LogP contribution < -0.4 is 19.6 Å². The first-order valence-corrected chi connectivity index (χ1v) is 16.3. The van der Waals surface area contributed by atoms with Crippen LogP contribution in [0.1, 0.15) is 126 Å². The lowest BCUT2D eigenvalue weighted by molar-refractivity contribution is -0.121. The molecule has 0 bridgehead atoms. The molecule has 2 rings (SSSR count). The molecule has 0 atom stereocenters. The maximum Gasteiger partial charge on any atom is 0.343 e. The molecule has 0 aliphatic heterocycles. The Morgan fingerprint density at radius 2 is 1.29 bits per heavy atom. The first-order chi connectivity index (χ1) is 20.5. The number of esters is 1. The molecule has 0 unspecified atom stereocenters. The molecule has 0 aliphatic rings. The van der Waals surface area contributed by atoms with Gasteiger partial charge in [-0.15, -0.1) is 0 Å². The van der Waals surface area contributed by atoms with Gasteiger partial charge in [-0.3, -0.25) is 4.79 Å². The van der Waals surface area contributed by atoms with Gasteiger partial charge in [-0.1, -0.05) is 113 Å². The van der Waals surface area contributed by atoms with Gasteiger partial charge in [0.25, 0.3) is 0 Å². The number of nitrogens with one attached hydrogen (secondary N) is 1. The quantitative estimate of drug-likeness (QED) is 0.0453. The van der Waals surface area contributed by atoms with E-state index in [-0.39, 0.29) is 5.91 Å². The minimum absolute atomic E-state index is 0.125. The highest BCUT2D eigenvalue weighted by molar-refractivity contribution is 9.10. The van der Waals surface area contributed by atoms with E-state index >= 15 is 0 Å². The highest BCUT2D eigenvalue weighted by atomic mass is 79.9. The molecule has 0 saturated carbocycles. The second kappa shape index (κ2) is 21.8. The highest BCUT2D eigenvalue weighted by Crippen LogP contribution is 2.29. The lowest BCUT2D eigenvalue weighted by Gasteiger charge is -2.11. The summed E-state index contributed by atoms with van der Waals surface area (Å²) in [4.78, 5) is 25.0. The first-order valence-electron chi connectivity index (χ1n) is 15.5. The fourth-order valence-electron chi connectivity index (χ4n) is 4.72. The van der Waals surface area contributed by atoms with Gasteiger partial charge in [0.15, 0.2) is 11.5 Å². The van der Waals surface area contributed by atoms with E-state index in [2.05, 4.69) is 33.4 Å². The Kier molecular flexibility index (Phi) is 18.3. The highest BCUT2D eigenvalue weighted by Gasteiger charge is 2.15. The molecule has 2 aromatic rings. The van der Waals surface area contributed by atoms with Gasteiger partial charge in [0.1, 0.15) is 5.75 Å². The second-order valence-electron chi connectivity index (χ2n) is 10.6. The van der Waals surface area contributed by atoms with Crippen LogP contribution in [0.4, 0.5) is 0 Å². The first kappa shape index (κ1) is 35.3. The van der Waals surface area contributed by atoms with Crippen LogP contribution in [-0.4, -0.2) is 32.3 Å². The number of amides is 1. The minimum atomic E-state index is -0.551. The summed E-state index contributed by atoms with van der Waals surface area (Å²) in [5.74, 6) is 0.593. The molecule has 1 amide bonds. The maximum absolute atomic E-state index is 12.8. The molecule has 0 aliphatic carbocycles. The summed E-state index contributed by atoms with van der Waals surface area (Å²) in [6.45, 7) is 2.27. The van der Waals surface area contributed by atoms with Crippen molar-refractivity contribution in [1.82, 2.24) is 5.43 Å². The zero-order chi connectivity index (χ0) is 30.4. The van der Waals surface area contributed by atoms with Gasteiger partial charge in [0.2, 0.25) is 5.91 Å². The van der Waals surface area contributed by atoms with Gasteiger partial charge in [-0.2, -0.15) is 5.10 Å². The van der Waals surface area contributed by atoms with E-state index in [4.69, 9.17) is 14.2 Å². The van der Waals surface area contributed by atoms with Crippen molar-refractivity contribution >= 4 is 34.0 Å². The monoisotopic (exact) mass is 644 g/mol. The molecule has 7 nitrogen and oxygen atoms in total. The van der Waals surface area contributed by atoms with Gasteiger partial charge in [-0.25, -0.2) is 10.2 Å². The normalized spacial score (nSPS) is 11.0. The summed E-state index contributed by atoms with van der Waals surface area (Å²) >= 11 is 3.43. The molecule has 2 aromatic carbocycles. The predicted octanol–water partition coefficient (Wildman–Crippen LogP) is 9.40. The van der Waals surface area contributed by atoms with Crippen LogP contribution in [0, 0.1) is 0 Å². The van der Waals surface area contributed by atoms with Crippen LogP contribution in [0.25, 0.3) is 0 Å². The van der Waals surface area contributed by atoms with Gasteiger partial charge in [0.05, 0.1) is 26.0 Å². The average molecular weight is 646 g/mol. The molecule has 0 saturated heterocycles. The predicted molar refractivity (Wildman–Crippen MR) is 174 cm³/mol. The Morgan fingerprint density at radius 3 is 1.86 bits per heavy atom. The molecule has 0 radical (unpaired) electrons. The Hall–Kier alpha value is -2.87. The van der Waals surface area contributed by atoms with E-state index in [1.807, 2.05) is 0 Å². The molecule has 232 valence electrons. The van der Waals surface area contributed by atoms with Crippen molar-refractivity contribution in [2.45, 2.75) is 110 Å². The second-order valence-corrected chi connectivity index (χ2v) is 11.6. The van der Waals surface area contributed by atoms with Crippen molar-refractivity contribution in [1.29, 1.82) is 0 Å². The van der Waals surface area contributed by atoms with E-state index in [9.17, 15) is 9.59 Å². The molecule has 8 heteroatoms. The number of methoxy groups -OCH3 is 2. The number of halogens is 1. The minimum Gasteiger partial charge on any atom is -0.493 e. The average Bonchev–Trinajstić information content (AvgIpc) is 2.99. The number of hydrazone groups is 1. The van der Waals surface area contributed by atoms with Crippen molar-refractivity contribution in [3.8, 4) is 17.2 Å². The van der Waals surface area contributed by atoms with Crippen molar-refractivity contribution in [3.63, 3.8) is 0 Å². The molecule has 0 aromatic heterocycles. The van der Waals surface area contributed by atoms with Crippen LogP contribution in [-0.2, 0) is 4.79 Å². The van der Waals surface area contributed by atoms with Crippen LogP contribution in [0.3, 0.4) is 0 Å².